The molecule has 6 nitrogen and oxygen atoms in total. The number of rotatable bonds is 6. The molecule has 0 saturated carbocycles. The van der Waals surface area contributed by atoms with E-state index in [9.17, 15) is 9.59 Å². The number of ether oxygens (including phenoxy) is 2. The molecule has 1 aliphatic heterocycles. The molecule has 2 amide bonds. The summed E-state index contributed by atoms with van der Waals surface area (Å²) in [6, 6.07) is 5.49. The van der Waals surface area contributed by atoms with E-state index in [4.69, 9.17) is 9.47 Å². The summed E-state index contributed by atoms with van der Waals surface area (Å²) in [5.41, 5.74) is 1.63. The van der Waals surface area contributed by atoms with E-state index >= 15 is 0 Å². The quantitative estimate of drug-likeness (QED) is 0.811. The summed E-state index contributed by atoms with van der Waals surface area (Å²) in [6.45, 7) is 6.61. The van der Waals surface area contributed by atoms with Crippen molar-refractivity contribution in [1.82, 2.24) is 4.90 Å². The Labute approximate surface area is 136 Å². The predicted octanol–water partition coefficient (Wildman–Crippen LogP) is 1.75. The fourth-order valence-corrected chi connectivity index (χ4v) is 2.24. The lowest BCUT2D eigenvalue weighted by molar-refractivity contribution is -0.129. The monoisotopic (exact) mass is 318 g/mol. The normalized spacial score (nSPS) is 16.7. The standard InChI is InChI=1S/C17H22N2O4/c1-4-17(21)19(3)10-16(20)18-13-6-5-12(2)15(9-13)23-14-7-8-22-11-14/h4-6,9,14H,1,7-8,10-11H2,2-3H3,(H,18,20). The summed E-state index contributed by atoms with van der Waals surface area (Å²) >= 11 is 0. The predicted molar refractivity (Wildman–Crippen MR) is 87.5 cm³/mol. The minimum Gasteiger partial charge on any atom is -0.488 e. The van der Waals surface area contributed by atoms with Gasteiger partial charge in [0.15, 0.2) is 0 Å². The van der Waals surface area contributed by atoms with Crippen molar-refractivity contribution < 1.29 is 19.1 Å². The molecule has 1 saturated heterocycles. The lowest BCUT2D eigenvalue weighted by Gasteiger charge is -2.17. The fourth-order valence-electron chi connectivity index (χ4n) is 2.24. The van der Waals surface area contributed by atoms with Gasteiger partial charge in [-0.2, -0.15) is 0 Å². The summed E-state index contributed by atoms with van der Waals surface area (Å²) in [5.74, 6) is 0.157. The fraction of sp³-hybridized carbons (Fsp3) is 0.412. The minimum atomic E-state index is -0.297. The molecule has 0 aromatic heterocycles. The van der Waals surface area contributed by atoms with Crippen molar-refractivity contribution in [3.8, 4) is 5.75 Å². The molecule has 0 bridgehead atoms. The number of hydrogen-bond donors (Lipinski definition) is 1. The first-order valence-corrected chi connectivity index (χ1v) is 7.52. The molecule has 1 N–H and O–H groups in total. The molecule has 124 valence electrons. The van der Waals surface area contributed by atoms with Gasteiger partial charge in [-0.25, -0.2) is 0 Å². The molecule has 1 atom stereocenters. The van der Waals surface area contributed by atoms with Crippen LogP contribution in [0.1, 0.15) is 12.0 Å². The maximum atomic E-state index is 12.0. The third-order valence-electron chi connectivity index (χ3n) is 3.59. The number of likely N-dealkylation sites (N-methyl/N-ethyl adjacent to an activating group) is 1. The number of anilines is 1. The average Bonchev–Trinajstić information content (AvgIpc) is 3.02. The highest BCUT2D eigenvalue weighted by Gasteiger charge is 2.18. The van der Waals surface area contributed by atoms with Crippen LogP contribution in [0.2, 0.25) is 0 Å². The highest BCUT2D eigenvalue weighted by atomic mass is 16.5. The van der Waals surface area contributed by atoms with Crippen molar-refractivity contribution in [1.29, 1.82) is 0 Å². The Morgan fingerprint density at radius 2 is 2.30 bits per heavy atom. The summed E-state index contributed by atoms with van der Waals surface area (Å²) in [4.78, 5) is 24.7. The van der Waals surface area contributed by atoms with Crippen LogP contribution in [0.3, 0.4) is 0 Å². The average molecular weight is 318 g/mol. The molecule has 1 aromatic carbocycles. The van der Waals surface area contributed by atoms with E-state index in [1.54, 1.807) is 19.2 Å². The first-order chi connectivity index (χ1) is 11.0. The van der Waals surface area contributed by atoms with Gasteiger partial charge in [-0.15, -0.1) is 0 Å². The SMILES string of the molecule is C=CC(=O)N(C)CC(=O)Nc1ccc(C)c(OC2CCOC2)c1. The van der Waals surface area contributed by atoms with Crippen LogP contribution in [-0.2, 0) is 14.3 Å². The van der Waals surface area contributed by atoms with Crippen molar-refractivity contribution in [3.63, 3.8) is 0 Å². The highest BCUT2D eigenvalue weighted by Crippen LogP contribution is 2.25. The summed E-state index contributed by atoms with van der Waals surface area (Å²) in [5, 5.41) is 2.77. The molecule has 1 aliphatic rings. The number of carbonyl (C=O) groups excluding carboxylic acids is 2. The Morgan fingerprint density at radius 3 is 2.96 bits per heavy atom. The number of aryl methyl sites for hydroxylation is 1. The van der Waals surface area contributed by atoms with Crippen LogP contribution in [0, 0.1) is 6.92 Å². The number of nitrogens with zero attached hydrogens (tertiary/aromatic N) is 1. The number of nitrogens with one attached hydrogen (secondary N) is 1. The lowest BCUT2D eigenvalue weighted by Crippen LogP contribution is -2.33. The Balaban J connectivity index is 1.98. The van der Waals surface area contributed by atoms with E-state index in [1.807, 2.05) is 13.0 Å². The van der Waals surface area contributed by atoms with E-state index in [2.05, 4.69) is 11.9 Å². The van der Waals surface area contributed by atoms with Gasteiger partial charge >= 0.3 is 0 Å². The van der Waals surface area contributed by atoms with Crippen LogP contribution in [0.5, 0.6) is 5.75 Å². The smallest absolute Gasteiger partial charge is 0.246 e. The second-order valence-corrected chi connectivity index (χ2v) is 5.53. The van der Waals surface area contributed by atoms with Gasteiger partial charge in [-0.05, 0) is 24.6 Å². The zero-order chi connectivity index (χ0) is 16.8. The second kappa shape index (κ2) is 7.78. The van der Waals surface area contributed by atoms with Crippen molar-refractivity contribution in [2.45, 2.75) is 19.4 Å². The third kappa shape index (κ3) is 4.82. The molecule has 0 spiro atoms. The number of carbonyl (C=O) groups is 2. The molecule has 1 aromatic rings. The molecule has 6 heteroatoms. The molecule has 1 fully saturated rings. The first kappa shape index (κ1) is 17.0. The van der Waals surface area contributed by atoms with Gasteiger partial charge < -0.3 is 19.7 Å². The van der Waals surface area contributed by atoms with Gasteiger partial charge in [0.1, 0.15) is 11.9 Å². The summed E-state index contributed by atoms with van der Waals surface area (Å²) in [7, 11) is 1.55. The van der Waals surface area contributed by atoms with Crippen LogP contribution in [0.25, 0.3) is 0 Å². The molecule has 0 aliphatic carbocycles. The largest absolute Gasteiger partial charge is 0.488 e. The van der Waals surface area contributed by atoms with Crippen molar-refractivity contribution >= 4 is 17.5 Å². The first-order valence-electron chi connectivity index (χ1n) is 7.52. The molecular formula is C17H22N2O4. The number of hydrogen-bond acceptors (Lipinski definition) is 4. The van der Waals surface area contributed by atoms with E-state index in [-0.39, 0.29) is 24.5 Å². The van der Waals surface area contributed by atoms with Gasteiger partial charge in [0.05, 0.1) is 19.8 Å². The van der Waals surface area contributed by atoms with Gasteiger partial charge in [-0.1, -0.05) is 12.6 Å². The molecular weight excluding hydrogens is 296 g/mol. The van der Waals surface area contributed by atoms with Crippen LogP contribution in [-0.4, -0.2) is 49.6 Å². The molecule has 2 rings (SSSR count). The zero-order valence-electron chi connectivity index (χ0n) is 13.5. The van der Waals surface area contributed by atoms with Gasteiger partial charge in [-0.3, -0.25) is 9.59 Å². The van der Waals surface area contributed by atoms with Crippen molar-refractivity contribution in [3.05, 3.63) is 36.4 Å². The highest BCUT2D eigenvalue weighted by molar-refractivity contribution is 5.96. The van der Waals surface area contributed by atoms with Crippen molar-refractivity contribution in [2.24, 2.45) is 0 Å². The Hall–Kier alpha value is -2.34. The topological polar surface area (TPSA) is 67.9 Å². The Bertz CT molecular complexity index is 594. The van der Waals surface area contributed by atoms with Gasteiger partial charge in [0.2, 0.25) is 11.8 Å². The molecule has 23 heavy (non-hydrogen) atoms. The van der Waals surface area contributed by atoms with Gasteiger partial charge in [0, 0.05) is 25.2 Å². The van der Waals surface area contributed by atoms with Gasteiger partial charge in [0.25, 0.3) is 0 Å². The maximum Gasteiger partial charge on any atom is 0.246 e. The van der Waals surface area contributed by atoms with E-state index in [0.717, 1.165) is 17.7 Å². The zero-order valence-corrected chi connectivity index (χ0v) is 13.5. The Kier molecular flexibility index (Phi) is 5.76. The lowest BCUT2D eigenvalue weighted by atomic mass is 10.2. The Morgan fingerprint density at radius 1 is 1.52 bits per heavy atom. The molecule has 0 radical (unpaired) electrons. The number of benzene rings is 1. The third-order valence-corrected chi connectivity index (χ3v) is 3.59. The maximum absolute atomic E-state index is 12.0. The molecule has 1 unspecified atom stereocenters. The van der Waals surface area contributed by atoms with Crippen LogP contribution >= 0.6 is 0 Å². The second-order valence-electron chi connectivity index (χ2n) is 5.53. The number of amides is 2. The van der Waals surface area contributed by atoms with Crippen LogP contribution < -0.4 is 10.1 Å². The van der Waals surface area contributed by atoms with Crippen LogP contribution in [0.4, 0.5) is 5.69 Å². The summed E-state index contributed by atoms with van der Waals surface area (Å²) < 4.78 is 11.2. The minimum absolute atomic E-state index is 0.0363. The van der Waals surface area contributed by atoms with Crippen molar-refractivity contribution in [2.75, 3.05) is 32.1 Å². The van der Waals surface area contributed by atoms with E-state index < -0.39 is 0 Å². The summed E-state index contributed by atoms with van der Waals surface area (Å²) in [6.07, 6.45) is 2.09. The van der Waals surface area contributed by atoms with E-state index in [0.29, 0.717) is 18.9 Å². The molecule has 1 heterocycles. The van der Waals surface area contributed by atoms with E-state index in [1.165, 1.54) is 11.0 Å². The van der Waals surface area contributed by atoms with Crippen LogP contribution in [0.15, 0.2) is 30.9 Å².